The second-order valence-electron chi connectivity index (χ2n) is 5.12. The van der Waals surface area contributed by atoms with Crippen LogP contribution in [0.2, 0.25) is 0 Å². The smallest absolute Gasteiger partial charge is 0.347 e. The zero-order chi connectivity index (χ0) is 19.7. The van der Waals surface area contributed by atoms with Gasteiger partial charge in [-0.15, -0.1) is 0 Å². The summed E-state index contributed by atoms with van der Waals surface area (Å²) in [6, 6.07) is -1.31. The Morgan fingerprint density at radius 2 is 1.81 bits per heavy atom. The van der Waals surface area contributed by atoms with Crippen molar-refractivity contribution in [3.8, 4) is 0 Å². The lowest BCUT2D eigenvalue weighted by Gasteiger charge is -2.40. The summed E-state index contributed by atoms with van der Waals surface area (Å²) in [4.78, 5) is 26.3. The highest BCUT2D eigenvalue weighted by molar-refractivity contribution is 6.13. The molecule has 12 heteroatoms. The van der Waals surface area contributed by atoms with Gasteiger partial charge in [-0.2, -0.15) is 0 Å². The first-order chi connectivity index (χ1) is 12.4. The zero-order valence-electron chi connectivity index (χ0n) is 14.3. The van der Waals surface area contributed by atoms with Gasteiger partial charge in [-0.05, 0) is 19.4 Å². The lowest BCUT2D eigenvalue weighted by Crippen LogP contribution is -2.61. The van der Waals surface area contributed by atoms with Crippen molar-refractivity contribution in [1.82, 2.24) is 5.32 Å². The molecule has 1 rings (SSSR count). The fourth-order valence-electron chi connectivity index (χ4n) is 2.22. The van der Waals surface area contributed by atoms with Gasteiger partial charge in [0, 0.05) is 11.1 Å². The number of carbonyl (C=O) groups is 2. The molecule has 0 aromatic heterocycles. The highest BCUT2D eigenvalue weighted by atomic mass is 16.6. The van der Waals surface area contributed by atoms with Gasteiger partial charge in [0.15, 0.2) is 11.8 Å². The Balaban J connectivity index is 3.03. The van der Waals surface area contributed by atoms with Crippen LogP contribution in [0, 0.1) is 0 Å². The van der Waals surface area contributed by atoms with Gasteiger partial charge in [0.2, 0.25) is 0 Å². The van der Waals surface area contributed by atoms with Gasteiger partial charge >= 0.3 is 11.9 Å². The van der Waals surface area contributed by atoms with Crippen LogP contribution in [0.4, 0.5) is 0 Å². The molecule has 26 heavy (non-hydrogen) atoms. The standard InChI is InChI=1S/C14H22N4O8/c1-3-24-13(22)7(14(23)25-4-2)5-16-12-11(21)9(17-18-15)10(20)8(6-19)26-12/h5,8-12,16,19-21H,3-4,6H2,1-2H3/t8?,9?,10-,11?,12-/m1/s1. The molecule has 5 atom stereocenters. The Bertz CT molecular complexity index is 557. The van der Waals surface area contributed by atoms with Gasteiger partial charge in [0.25, 0.3) is 0 Å². The number of ether oxygens (including phenoxy) is 3. The number of nitrogens with zero attached hydrogens (tertiary/aromatic N) is 3. The van der Waals surface area contributed by atoms with E-state index >= 15 is 0 Å². The zero-order valence-corrected chi connectivity index (χ0v) is 14.3. The van der Waals surface area contributed by atoms with Crippen molar-refractivity contribution in [3.63, 3.8) is 0 Å². The summed E-state index contributed by atoms with van der Waals surface area (Å²) in [5.41, 5.74) is 8.08. The Labute approximate surface area is 149 Å². The predicted molar refractivity (Wildman–Crippen MR) is 85.2 cm³/mol. The largest absolute Gasteiger partial charge is 0.462 e. The minimum absolute atomic E-state index is 0.0237. The van der Waals surface area contributed by atoms with Gasteiger partial charge in [-0.3, -0.25) is 0 Å². The van der Waals surface area contributed by atoms with Crippen LogP contribution in [0.25, 0.3) is 10.4 Å². The molecule has 3 unspecified atom stereocenters. The number of nitrogens with one attached hydrogen (secondary N) is 1. The van der Waals surface area contributed by atoms with Crippen molar-refractivity contribution in [2.24, 2.45) is 5.11 Å². The van der Waals surface area contributed by atoms with Gasteiger partial charge in [0.1, 0.15) is 12.2 Å². The van der Waals surface area contributed by atoms with Gasteiger partial charge < -0.3 is 34.8 Å². The number of esters is 2. The van der Waals surface area contributed by atoms with Crippen LogP contribution < -0.4 is 5.32 Å². The van der Waals surface area contributed by atoms with Crippen LogP contribution in [0.5, 0.6) is 0 Å². The molecule has 1 saturated heterocycles. The fourth-order valence-corrected chi connectivity index (χ4v) is 2.22. The number of aliphatic hydroxyl groups excluding tert-OH is 3. The Kier molecular flexibility index (Phi) is 8.82. The molecule has 0 aromatic rings. The van der Waals surface area contributed by atoms with Crippen molar-refractivity contribution >= 4 is 11.9 Å². The number of rotatable bonds is 8. The van der Waals surface area contributed by atoms with Crippen LogP contribution in [0.1, 0.15) is 13.8 Å². The Hall–Kier alpha value is -2.37. The summed E-state index contributed by atoms with van der Waals surface area (Å²) in [5, 5.41) is 35.2. The summed E-state index contributed by atoms with van der Waals surface area (Å²) in [6.07, 6.45) is -4.48. The van der Waals surface area contributed by atoms with Gasteiger partial charge in [0.05, 0.1) is 32.0 Å². The monoisotopic (exact) mass is 374 g/mol. The third-order valence-corrected chi connectivity index (χ3v) is 3.46. The van der Waals surface area contributed by atoms with E-state index in [0.717, 1.165) is 6.20 Å². The van der Waals surface area contributed by atoms with Crippen molar-refractivity contribution in [1.29, 1.82) is 0 Å². The second kappa shape index (κ2) is 10.6. The van der Waals surface area contributed by atoms with E-state index in [9.17, 15) is 24.9 Å². The number of azide groups is 1. The molecule has 1 aliphatic heterocycles. The van der Waals surface area contributed by atoms with E-state index in [2.05, 4.69) is 15.3 Å². The van der Waals surface area contributed by atoms with Crippen molar-refractivity contribution in [3.05, 3.63) is 22.2 Å². The predicted octanol–water partition coefficient (Wildman–Crippen LogP) is -1.30. The summed E-state index contributed by atoms with van der Waals surface area (Å²) >= 11 is 0. The molecule has 0 aliphatic carbocycles. The maximum Gasteiger partial charge on any atom is 0.347 e. The summed E-state index contributed by atoms with van der Waals surface area (Å²) < 4.78 is 14.8. The highest BCUT2D eigenvalue weighted by Gasteiger charge is 2.43. The first-order valence-electron chi connectivity index (χ1n) is 7.88. The van der Waals surface area contributed by atoms with Crippen molar-refractivity contribution < 1.29 is 39.1 Å². The van der Waals surface area contributed by atoms with E-state index in [1.54, 1.807) is 13.8 Å². The number of hydrogen-bond donors (Lipinski definition) is 4. The number of hydrogen-bond acceptors (Lipinski definition) is 10. The molecule has 146 valence electrons. The summed E-state index contributed by atoms with van der Waals surface area (Å²) in [7, 11) is 0. The Morgan fingerprint density at radius 3 is 2.27 bits per heavy atom. The van der Waals surface area contributed by atoms with Crippen LogP contribution in [-0.4, -0.2) is 77.7 Å². The molecule has 0 bridgehead atoms. The second-order valence-corrected chi connectivity index (χ2v) is 5.12. The molecule has 0 amide bonds. The lowest BCUT2D eigenvalue weighted by atomic mass is 9.96. The maximum atomic E-state index is 11.9. The summed E-state index contributed by atoms with van der Waals surface area (Å²) in [5.74, 6) is -1.90. The topological polar surface area (TPSA) is 183 Å². The minimum Gasteiger partial charge on any atom is -0.462 e. The van der Waals surface area contributed by atoms with E-state index in [-0.39, 0.29) is 13.2 Å². The van der Waals surface area contributed by atoms with Crippen LogP contribution in [0.15, 0.2) is 16.9 Å². The maximum absolute atomic E-state index is 11.9. The van der Waals surface area contributed by atoms with E-state index < -0.39 is 54.7 Å². The SMILES string of the molecule is CCOC(=O)C(=CN[C@@H]1OC(CO)[C@@H](O)C(N=[N+]=[N-])C1O)C(=O)OCC. The van der Waals surface area contributed by atoms with E-state index in [1.807, 2.05) is 0 Å². The molecule has 1 fully saturated rings. The molecule has 0 saturated carbocycles. The molecule has 0 spiro atoms. The van der Waals surface area contributed by atoms with Gasteiger partial charge in [-0.25, -0.2) is 9.59 Å². The molecule has 0 radical (unpaired) electrons. The lowest BCUT2D eigenvalue weighted by molar-refractivity contribution is -0.194. The third kappa shape index (κ3) is 5.31. The van der Waals surface area contributed by atoms with Crippen molar-refractivity contribution in [2.45, 2.75) is 44.4 Å². The van der Waals surface area contributed by atoms with Crippen LogP contribution in [-0.2, 0) is 23.8 Å². The Morgan fingerprint density at radius 1 is 1.23 bits per heavy atom. The third-order valence-electron chi connectivity index (χ3n) is 3.46. The summed E-state index contributed by atoms with van der Waals surface area (Å²) in [6.45, 7) is 2.54. The molecule has 4 N–H and O–H groups in total. The van der Waals surface area contributed by atoms with E-state index in [0.29, 0.717) is 0 Å². The average Bonchev–Trinajstić information content (AvgIpc) is 2.61. The van der Waals surface area contributed by atoms with Crippen LogP contribution >= 0.6 is 0 Å². The number of carbonyl (C=O) groups excluding carboxylic acids is 2. The molecular weight excluding hydrogens is 352 g/mol. The highest BCUT2D eigenvalue weighted by Crippen LogP contribution is 2.22. The van der Waals surface area contributed by atoms with Gasteiger partial charge in [-0.1, -0.05) is 5.11 Å². The fraction of sp³-hybridized carbons (Fsp3) is 0.714. The number of aliphatic hydroxyl groups is 3. The molecule has 12 nitrogen and oxygen atoms in total. The first kappa shape index (κ1) is 21.7. The quantitative estimate of drug-likeness (QED) is 0.0763. The normalized spacial score (nSPS) is 27.7. The average molecular weight is 374 g/mol. The molecule has 1 aliphatic rings. The minimum atomic E-state index is -1.52. The molecule has 1 heterocycles. The molecular formula is C14H22N4O8. The van der Waals surface area contributed by atoms with E-state index in [4.69, 9.17) is 19.7 Å². The van der Waals surface area contributed by atoms with E-state index in [1.165, 1.54) is 0 Å². The first-order valence-corrected chi connectivity index (χ1v) is 7.88. The van der Waals surface area contributed by atoms with Crippen molar-refractivity contribution in [2.75, 3.05) is 19.8 Å². The molecule has 0 aromatic carbocycles. The van der Waals surface area contributed by atoms with Crippen LogP contribution in [0.3, 0.4) is 0 Å².